The number of amides is 2. The van der Waals surface area contributed by atoms with Crippen LogP contribution in [-0.4, -0.2) is 21.5 Å². The maximum Gasteiger partial charge on any atom is 0.238 e. The van der Waals surface area contributed by atoms with Crippen LogP contribution in [0.25, 0.3) is 0 Å². The second-order valence-electron chi connectivity index (χ2n) is 6.76. The molecule has 0 spiro atoms. The van der Waals surface area contributed by atoms with E-state index in [2.05, 4.69) is 31.9 Å². The zero-order valence-corrected chi connectivity index (χ0v) is 15.6. The predicted octanol–water partition coefficient (Wildman–Crippen LogP) is 3.59. The lowest BCUT2D eigenvalue weighted by atomic mass is 9.81. The van der Waals surface area contributed by atoms with E-state index in [1.54, 1.807) is 0 Å². The van der Waals surface area contributed by atoms with Gasteiger partial charge >= 0.3 is 0 Å². The number of halogens is 2. The minimum Gasteiger partial charge on any atom is -0.274 e. The molecule has 2 amide bonds. The van der Waals surface area contributed by atoms with Gasteiger partial charge in [0.05, 0.1) is 17.5 Å². The number of fused-ring (bicyclic) bond motifs is 5. The first-order chi connectivity index (χ1) is 10.4. The van der Waals surface area contributed by atoms with Crippen molar-refractivity contribution in [2.75, 3.05) is 4.90 Å². The summed E-state index contributed by atoms with van der Waals surface area (Å²) in [6.07, 6.45) is 0.971. The molecule has 116 valence electrons. The van der Waals surface area contributed by atoms with Crippen LogP contribution < -0.4 is 4.90 Å². The predicted molar refractivity (Wildman–Crippen MR) is 92.4 cm³/mol. The van der Waals surface area contributed by atoms with E-state index in [-0.39, 0.29) is 45.1 Å². The zero-order valence-electron chi connectivity index (χ0n) is 12.4. The van der Waals surface area contributed by atoms with Gasteiger partial charge in [0.25, 0.3) is 0 Å². The standard InChI is InChI=1S/C17H17Br2NO2/c1-7-4-3-5-8(2)15(7)20-16(21)11-9-6-10(12(11)17(20)22)14(19)13(9)18/h3-5,9-14H,6H2,1-2H3/t9-,10+,11-,12-,13-,14+/m0/s1. The lowest BCUT2D eigenvalue weighted by Crippen LogP contribution is -2.37. The maximum atomic E-state index is 13.0. The molecule has 2 saturated carbocycles. The maximum absolute atomic E-state index is 13.0. The Morgan fingerprint density at radius 1 is 0.955 bits per heavy atom. The van der Waals surface area contributed by atoms with Gasteiger partial charge < -0.3 is 0 Å². The Bertz CT molecular complexity index is 637. The third-order valence-electron chi connectivity index (χ3n) is 5.65. The first kappa shape index (κ1) is 14.9. The summed E-state index contributed by atoms with van der Waals surface area (Å²) in [5, 5.41) is 0. The van der Waals surface area contributed by atoms with Crippen molar-refractivity contribution >= 4 is 49.4 Å². The van der Waals surface area contributed by atoms with Gasteiger partial charge in [0.1, 0.15) is 0 Å². The Balaban J connectivity index is 1.80. The van der Waals surface area contributed by atoms with Gasteiger partial charge in [0.2, 0.25) is 11.8 Å². The first-order valence-electron chi connectivity index (χ1n) is 7.65. The van der Waals surface area contributed by atoms with Gasteiger partial charge in [-0.1, -0.05) is 50.1 Å². The van der Waals surface area contributed by atoms with Gasteiger partial charge in [-0.05, 0) is 43.2 Å². The second kappa shape index (κ2) is 4.91. The van der Waals surface area contributed by atoms with E-state index in [1.807, 2.05) is 32.0 Å². The summed E-state index contributed by atoms with van der Waals surface area (Å²) in [5.41, 5.74) is 2.77. The van der Waals surface area contributed by atoms with Crippen LogP contribution in [0, 0.1) is 37.5 Å². The number of benzene rings is 1. The Morgan fingerprint density at radius 3 is 1.86 bits per heavy atom. The quantitative estimate of drug-likeness (QED) is 0.508. The summed E-state index contributed by atoms with van der Waals surface area (Å²) in [6, 6.07) is 5.89. The van der Waals surface area contributed by atoms with Crippen LogP contribution in [0.2, 0.25) is 0 Å². The highest BCUT2D eigenvalue weighted by atomic mass is 79.9. The number of alkyl halides is 2. The summed E-state index contributed by atoms with van der Waals surface area (Å²) in [5.74, 6) is 0.257. The molecule has 1 aliphatic heterocycles. The van der Waals surface area contributed by atoms with Crippen molar-refractivity contribution in [1.82, 2.24) is 0 Å². The molecule has 2 bridgehead atoms. The Hall–Kier alpha value is -0.680. The molecule has 3 aliphatic rings. The number of rotatable bonds is 1. The number of hydrogen-bond acceptors (Lipinski definition) is 2. The van der Waals surface area contributed by atoms with Crippen molar-refractivity contribution in [1.29, 1.82) is 0 Å². The highest BCUT2D eigenvalue weighted by Crippen LogP contribution is 2.60. The van der Waals surface area contributed by atoms with Crippen LogP contribution >= 0.6 is 31.9 Å². The molecule has 0 aromatic heterocycles. The van der Waals surface area contributed by atoms with Crippen LogP contribution in [0.3, 0.4) is 0 Å². The molecule has 1 aromatic rings. The molecular formula is C17H17Br2NO2. The molecule has 0 N–H and O–H groups in total. The minimum absolute atomic E-state index is 0.00347. The number of imide groups is 1. The lowest BCUT2D eigenvalue weighted by molar-refractivity contribution is -0.123. The summed E-state index contributed by atoms with van der Waals surface area (Å²) < 4.78 is 0. The molecule has 6 atom stereocenters. The van der Waals surface area contributed by atoms with Gasteiger partial charge in [-0.2, -0.15) is 0 Å². The van der Waals surface area contributed by atoms with Gasteiger partial charge in [0, 0.05) is 9.65 Å². The number of aryl methyl sites for hydroxylation is 2. The molecule has 3 fully saturated rings. The molecule has 22 heavy (non-hydrogen) atoms. The molecule has 1 heterocycles. The summed E-state index contributed by atoms with van der Waals surface area (Å²) in [6.45, 7) is 3.93. The van der Waals surface area contributed by atoms with E-state index in [1.165, 1.54) is 4.90 Å². The van der Waals surface area contributed by atoms with E-state index in [4.69, 9.17) is 0 Å². The van der Waals surface area contributed by atoms with Crippen LogP contribution in [-0.2, 0) is 9.59 Å². The molecule has 0 radical (unpaired) electrons. The van der Waals surface area contributed by atoms with Gasteiger partial charge in [-0.3, -0.25) is 9.59 Å². The number of anilines is 1. The fourth-order valence-electron chi connectivity index (χ4n) is 4.73. The molecule has 3 nitrogen and oxygen atoms in total. The van der Waals surface area contributed by atoms with E-state index in [0.29, 0.717) is 0 Å². The number of carbonyl (C=O) groups excluding carboxylic acids is 2. The number of hydrogen-bond donors (Lipinski definition) is 0. The average molecular weight is 427 g/mol. The molecule has 1 aromatic carbocycles. The summed E-state index contributed by atoms with van der Waals surface area (Å²) >= 11 is 7.44. The fraction of sp³-hybridized carbons (Fsp3) is 0.529. The van der Waals surface area contributed by atoms with Gasteiger partial charge in [0.15, 0.2) is 0 Å². The zero-order chi connectivity index (χ0) is 15.8. The Labute approximate surface area is 146 Å². The number of carbonyl (C=O) groups is 2. The minimum atomic E-state index is -0.144. The van der Waals surface area contributed by atoms with Gasteiger partial charge in [-0.15, -0.1) is 0 Å². The largest absolute Gasteiger partial charge is 0.274 e. The van der Waals surface area contributed by atoms with Crippen molar-refractivity contribution in [3.63, 3.8) is 0 Å². The Kier molecular flexibility index (Phi) is 3.32. The van der Waals surface area contributed by atoms with Crippen LogP contribution in [0.15, 0.2) is 18.2 Å². The monoisotopic (exact) mass is 425 g/mol. The molecule has 1 saturated heterocycles. The van der Waals surface area contributed by atoms with Crippen molar-refractivity contribution in [3.8, 4) is 0 Å². The molecular weight excluding hydrogens is 410 g/mol. The normalized spacial score (nSPS) is 39.7. The van der Waals surface area contributed by atoms with Crippen LogP contribution in [0.1, 0.15) is 17.5 Å². The van der Waals surface area contributed by atoms with Crippen LogP contribution in [0.5, 0.6) is 0 Å². The SMILES string of the molecule is Cc1cccc(C)c1N1C(=O)[C@H]2[C@@H]3C[C@@H]([C@@H](Br)[C@H]3Br)[C@@H]2C1=O. The van der Waals surface area contributed by atoms with Crippen LogP contribution in [0.4, 0.5) is 5.69 Å². The van der Waals surface area contributed by atoms with Crippen molar-refractivity contribution < 1.29 is 9.59 Å². The lowest BCUT2D eigenvalue weighted by Gasteiger charge is -2.28. The summed E-state index contributed by atoms with van der Waals surface area (Å²) in [7, 11) is 0. The smallest absolute Gasteiger partial charge is 0.238 e. The highest BCUT2D eigenvalue weighted by molar-refractivity contribution is 9.12. The fourth-order valence-corrected chi connectivity index (χ4v) is 6.60. The summed E-state index contributed by atoms with van der Waals surface area (Å²) in [4.78, 5) is 28.1. The Morgan fingerprint density at radius 2 is 1.41 bits per heavy atom. The number of para-hydroxylation sites is 1. The molecule has 5 heteroatoms. The van der Waals surface area contributed by atoms with Crippen molar-refractivity contribution in [2.45, 2.75) is 29.9 Å². The molecule has 4 rings (SSSR count). The van der Waals surface area contributed by atoms with Gasteiger partial charge in [-0.25, -0.2) is 4.90 Å². The molecule has 2 aliphatic carbocycles. The van der Waals surface area contributed by atoms with E-state index >= 15 is 0 Å². The third kappa shape index (κ3) is 1.72. The van der Waals surface area contributed by atoms with Crippen molar-refractivity contribution in [2.24, 2.45) is 23.7 Å². The first-order valence-corrected chi connectivity index (χ1v) is 9.48. The van der Waals surface area contributed by atoms with E-state index < -0.39 is 0 Å². The van der Waals surface area contributed by atoms with E-state index in [0.717, 1.165) is 23.2 Å². The topological polar surface area (TPSA) is 37.4 Å². The highest BCUT2D eigenvalue weighted by Gasteiger charge is 2.66. The van der Waals surface area contributed by atoms with E-state index in [9.17, 15) is 9.59 Å². The second-order valence-corrected chi connectivity index (χ2v) is 8.87. The number of nitrogens with zero attached hydrogens (tertiary/aromatic N) is 1. The van der Waals surface area contributed by atoms with Crippen molar-refractivity contribution in [3.05, 3.63) is 29.3 Å². The third-order valence-corrected chi connectivity index (χ3v) is 8.86. The molecule has 0 unspecified atom stereocenters. The average Bonchev–Trinajstić information content (AvgIpc) is 3.06.